The molecule has 0 radical (unpaired) electrons. The summed E-state index contributed by atoms with van der Waals surface area (Å²) in [5, 5.41) is 3.47. The summed E-state index contributed by atoms with van der Waals surface area (Å²) in [5.41, 5.74) is 0.891. The van der Waals surface area contributed by atoms with Crippen LogP contribution in [0.5, 0.6) is 5.75 Å². The summed E-state index contributed by atoms with van der Waals surface area (Å²) in [6.45, 7) is 4.44. The Hall–Kier alpha value is -1.80. The smallest absolute Gasteiger partial charge is 0.261 e. The van der Waals surface area contributed by atoms with Crippen molar-refractivity contribution in [3.05, 3.63) is 62.7 Å². The summed E-state index contributed by atoms with van der Waals surface area (Å²) >= 11 is 8.15. The van der Waals surface area contributed by atoms with Crippen molar-refractivity contribution in [3.63, 3.8) is 0 Å². The Bertz CT molecular complexity index is 781. The molecule has 2 rings (SSSR count). The lowest BCUT2D eigenvalue weighted by molar-refractivity contribution is -0.142. The number of nitrogens with zero attached hydrogens (tertiary/aromatic N) is 1. The first-order chi connectivity index (χ1) is 13.4. The van der Waals surface area contributed by atoms with Crippen molar-refractivity contribution < 1.29 is 14.3 Å². The van der Waals surface area contributed by atoms with Gasteiger partial charge in [-0.05, 0) is 77.9 Å². The monoisotopic (exact) mass is 514 g/mol. The standard InChI is InChI=1S/C21H24ClIN2O3/c1-3-12-24-21(27)15(2)25(13-16-4-6-17(22)7-5-16)20(26)14-28-19-10-8-18(23)9-11-19/h4-11,15H,3,12-14H2,1-2H3,(H,24,27)/t15-/m1/s1. The summed E-state index contributed by atoms with van der Waals surface area (Å²) in [4.78, 5) is 26.8. The highest BCUT2D eigenvalue weighted by atomic mass is 127. The lowest BCUT2D eigenvalue weighted by atomic mass is 10.1. The molecule has 0 heterocycles. The van der Waals surface area contributed by atoms with Crippen LogP contribution in [0.1, 0.15) is 25.8 Å². The molecule has 0 spiro atoms. The average molecular weight is 515 g/mol. The maximum atomic E-state index is 12.9. The van der Waals surface area contributed by atoms with E-state index in [2.05, 4.69) is 27.9 Å². The number of ether oxygens (including phenoxy) is 1. The highest BCUT2D eigenvalue weighted by Crippen LogP contribution is 2.16. The fourth-order valence-corrected chi connectivity index (χ4v) is 3.01. The quantitative estimate of drug-likeness (QED) is 0.509. The van der Waals surface area contributed by atoms with Crippen molar-refractivity contribution in [3.8, 4) is 5.75 Å². The molecule has 0 aliphatic carbocycles. The van der Waals surface area contributed by atoms with Crippen LogP contribution in [-0.2, 0) is 16.1 Å². The fraction of sp³-hybridized carbons (Fsp3) is 0.333. The van der Waals surface area contributed by atoms with Crippen LogP contribution in [0.25, 0.3) is 0 Å². The third kappa shape index (κ3) is 6.98. The zero-order valence-electron chi connectivity index (χ0n) is 16.0. The molecular formula is C21H24ClIN2O3. The highest BCUT2D eigenvalue weighted by Gasteiger charge is 2.26. The minimum Gasteiger partial charge on any atom is -0.484 e. The number of rotatable bonds is 9. The number of amides is 2. The fourth-order valence-electron chi connectivity index (χ4n) is 2.52. The number of benzene rings is 2. The molecule has 2 aromatic carbocycles. The van der Waals surface area contributed by atoms with Crippen LogP contribution < -0.4 is 10.1 Å². The Labute approximate surface area is 184 Å². The lowest BCUT2D eigenvalue weighted by Gasteiger charge is -2.28. The zero-order chi connectivity index (χ0) is 20.5. The summed E-state index contributed by atoms with van der Waals surface area (Å²) < 4.78 is 6.71. The molecule has 2 amide bonds. The number of hydrogen-bond donors (Lipinski definition) is 1. The van der Waals surface area contributed by atoms with Crippen LogP contribution in [0, 0.1) is 3.57 Å². The molecule has 0 saturated carbocycles. The second-order valence-electron chi connectivity index (χ2n) is 6.36. The Morgan fingerprint density at radius 3 is 2.39 bits per heavy atom. The lowest BCUT2D eigenvalue weighted by Crippen LogP contribution is -2.49. The van der Waals surface area contributed by atoms with Crippen LogP contribution in [0.4, 0.5) is 0 Å². The van der Waals surface area contributed by atoms with Gasteiger partial charge in [-0.15, -0.1) is 0 Å². The number of carbonyl (C=O) groups excluding carboxylic acids is 2. The van der Waals surface area contributed by atoms with Gasteiger partial charge < -0.3 is 15.0 Å². The van der Waals surface area contributed by atoms with Crippen molar-refractivity contribution >= 4 is 46.0 Å². The molecule has 0 saturated heterocycles. The van der Waals surface area contributed by atoms with E-state index in [0.29, 0.717) is 23.9 Å². The molecule has 0 aromatic heterocycles. The SMILES string of the molecule is CCCNC(=O)[C@@H](C)N(Cc1ccc(Cl)cc1)C(=O)COc1ccc(I)cc1. The first kappa shape index (κ1) is 22.5. The van der Waals surface area contributed by atoms with Gasteiger partial charge in [0.1, 0.15) is 11.8 Å². The van der Waals surface area contributed by atoms with Crippen LogP contribution in [0.3, 0.4) is 0 Å². The topological polar surface area (TPSA) is 58.6 Å². The van der Waals surface area contributed by atoms with Gasteiger partial charge in [0.05, 0.1) is 0 Å². The van der Waals surface area contributed by atoms with Gasteiger partial charge in [0.25, 0.3) is 5.91 Å². The molecule has 0 fully saturated rings. The largest absolute Gasteiger partial charge is 0.484 e. The first-order valence-corrected chi connectivity index (χ1v) is 10.6. The summed E-state index contributed by atoms with van der Waals surface area (Å²) in [6, 6.07) is 14.1. The first-order valence-electron chi connectivity index (χ1n) is 9.10. The Morgan fingerprint density at radius 2 is 1.79 bits per heavy atom. The predicted octanol–water partition coefficient (Wildman–Crippen LogP) is 4.27. The predicted molar refractivity (Wildman–Crippen MR) is 119 cm³/mol. The number of halogens is 2. The van der Waals surface area contributed by atoms with Gasteiger partial charge in [-0.1, -0.05) is 30.7 Å². The van der Waals surface area contributed by atoms with E-state index < -0.39 is 6.04 Å². The number of nitrogens with one attached hydrogen (secondary N) is 1. The van der Waals surface area contributed by atoms with Gasteiger partial charge in [0, 0.05) is 21.7 Å². The molecule has 7 heteroatoms. The van der Waals surface area contributed by atoms with Crippen molar-refractivity contribution in [2.45, 2.75) is 32.9 Å². The van der Waals surface area contributed by atoms with Crippen molar-refractivity contribution in [1.82, 2.24) is 10.2 Å². The van der Waals surface area contributed by atoms with Crippen molar-refractivity contribution in [2.75, 3.05) is 13.2 Å². The molecule has 0 bridgehead atoms. The molecule has 0 unspecified atom stereocenters. The average Bonchev–Trinajstić information content (AvgIpc) is 2.70. The molecule has 2 aromatic rings. The van der Waals surface area contributed by atoms with E-state index in [4.69, 9.17) is 16.3 Å². The van der Waals surface area contributed by atoms with E-state index in [0.717, 1.165) is 15.6 Å². The highest BCUT2D eigenvalue weighted by molar-refractivity contribution is 14.1. The van der Waals surface area contributed by atoms with Gasteiger partial charge in [-0.2, -0.15) is 0 Å². The van der Waals surface area contributed by atoms with Crippen LogP contribution in [0.2, 0.25) is 5.02 Å². The Balaban J connectivity index is 2.10. The van der Waals surface area contributed by atoms with E-state index in [1.54, 1.807) is 19.1 Å². The van der Waals surface area contributed by atoms with Crippen LogP contribution in [-0.4, -0.2) is 35.9 Å². The maximum Gasteiger partial charge on any atom is 0.261 e. The molecule has 5 nitrogen and oxygen atoms in total. The van der Waals surface area contributed by atoms with E-state index in [1.165, 1.54) is 4.90 Å². The van der Waals surface area contributed by atoms with E-state index in [9.17, 15) is 9.59 Å². The number of carbonyl (C=O) groups is 2. The second kappa shape index (κ2) is 11.3. The number of hydrogen-bond acceptors (Lipinski definition) is 3. The molecule has 1 N–H and O–H groups in total. The van der Waals surface area contributed by atoms with Crippen molar-refractivity contribution in [1.29, 1.82) is 0 Å². The Kier molecular flexibility index (Phi) is 9.05. The van der Waals surface area contributed by atoms with Crippen LogP contribution >= 0.6 is 34.2 Å². The molecule has 0 aliphatic heterocycles. The normalized spacial score (nSPS) is 11.6. The third-order valence-electron chi connectivity index (χ3n) is 4.16. The van der Waals surface area contributed by atoms with Gasteiger partial charge in [0.15, 0.2) is 6.61 Å². The summed E-state index contributed by atoms with van der Waals surface area (Å²) in [6.07, 6.45) is 0.833. The minimum absolute atomic E-state index is 0.139. The van der Waals surface area contributed by atoms with Crippen LogP contribution in [0.15, 0.2) is 48.5 Å². The van der Waals surface area contributed by atoms with E-state index >= 15 is 0 Å². The Morgan fingerprint density at radius 1 is 1.14 bits per heavy atom. The summed E-state index contributed by atoms with van der Waals surface area (Å²) in [7, 11) is 0. The van der Waals surface area contributed by atoms with Gasteiger partial charge in [0.2, 0.25) is 5.91 Å². The van der Waals surface area contributed by atoms with Gasteiger partial charge in [-0.3, -0.25) is 9.59 Å². The van der Waals surface area contributed by atoms with Gasteiger partial charge in [-0.25, -0.2) is 0 Å². The second-order valence-corrected chi connectivity index (χ2v) is 8.04. The molecule has 0 aliphatic rings. The molecular weight excluding hydrogens is 491 g/mol. The molecule has 28 heavy (non-hydrogen) atoms. The zero-order valence-corrected chi connectivity index (χ0v) is 18.9. The van der Waals surface area contributed by atoms with Gasteiger partial charge >= 0.3 is 0 Å². The third-order valence-corrected chi connectivity index (χ3v) is 5.13. The van der Waals surface area contributed by atoms with E-state index in [1.807, 2.05) is 43.3 Å². The molecule has 1 atom stereocenters. The van der Waals surface area contributed by atoms with Crippen molar-refractivity contribution in [2.24, 2.45) is 0 Å². The summed E-state index contributed by atoms with van der Waals surface area (Å²) in [5.74, 6) is 0.175. The molecule has 150 valence electrons. The van der Waals surface area contributed by atoms with E-state index in [-0.39, 0.29) is 18.4 Å². The minimum atomic E-state index is -0.616. The maximum absolute atomic E-state index is 12.9.